The van der Waals surface area contributed by atoms with Gasteiger partial charge in [-0.2, -0.15) is 0 Å². The summed E-state index contributed by atoms with van der Waals surface area (Å²) in [4.78, 5) is 11.5. The number of hydrogen-bond donors (Lipinski definition) is 0. The van der Waals surface area contributed by atoms with Crippen LogP contribution in [0.2, 0.25) is 0 Å². The van der Waals surface area contributed by atoms with E-state index in [1.54, 1.807) is 37.3 Å². The van der Waals surface area contributed by atoms with Crippen molar-refractivity contribution in [2.24, 2.45) is 0 Å². The van der Waals surface area contributed by atoms with E-state index in [0.29, 0.717) is 35.8 Å². The summed E-state index contributed by atoms with van der Waals surface area (Å²) in [7, 11) is 1.54. The summed E-state index contributed by atoms with van der Waals surface area (Å²) >= 11 is 0. The van der Waals surface area contributed by atoms with E-state index in [2.05, 4.69) is 0 Å². The quantitative estimate of drug-likeness (QED) is 0.259. The van der Waals surface area contributed by atoms with Crippen molar-refractivity contribution in [3.05, 3.63) is 83.7 Å². The van der Waals surface area contributed by atoms with Crippen molar-refractivity contribution in [2.75, 3.05) is 20.5 Å². The van der Waals surface area contributed by atoms with E-state index >= 15 is 0 Å². The first-order valence-corrected chi connectivity index (χ1v) is 10.6. The Balaban J connectivity index is 1.67. The fourth-order valence-electron chi connectivity index (χ4n) is 3.07. The molecule has 0 N–H and O–H groups in total. The summed E-state index contributed by atoms with van der Waals surface area (Å²) in [5, 5.41) is 0. The van der Waals surface area contributed by atoms with Crippen molar-refractivity contribution in [1.82, 2.24) is 0 Å². The Morgan fingerprint density at radius 3 is 2.39 bits per heavy atom. The van der Waals surface area contributed by atoms with Gasteiger partial charge in [-0.25, -0.2) is 4.39 Å². The molecule has 0 aliphatic heterocycles. The summed E-state index contributed by atoms with van der Waals surface area (Å²) < 4.78 is 41.6. The Morgan fingerprint density at radius 1 is 0.879 bits per heavy atom. The molecule has 0 heterocycles. The molecule has 0 aliphatic rings. The van der Waals surface area contributed by atoms with Gasteiger partial charge >= 0.3 is 5.97 Å². The summed E-state index contributed by atoms with van der Waals surface area (Å²) in [5.74, 6) is 1.09. The van der Waals surface area contributed by atoms with Gasteiger partial charge in [-0.15, -0.1) is 0 Å². The zero-order chi connectivity index (χ0) is 23.5. The normalized spacial score (nSPS) is 10.5. The number of rotatable bonds is 12. The zero-order valence-corrected chi connectivity index (χ0v) is 18.7. The minimum Gasteiger partial charge on any atom is -0.486 e. The fourth-order valence-corrected chi connectivity index (χ4v) is 3.07. The van der Waals surface area contributed by atoms with Crippen molar-refractivity contribution in [1.29, 1.82) is 0 Å². The molecule has 0 aromatic heterocycles. The maximum atomic E-state index is 14.5. The number of para-hydroxylation sites is 1. The Kier molecular flexibility index (Phi) is 9.08. The van der Waals surface area contributed by atoms with E-state index in [1.165, 1.54) is 13.2 Å². The van der Waals surface area contributed by atoms with Crippen LogP contribution < -0.4 is 14.2 Å². The van der Waals surface area contributed by atoms with Gasteiger partial charge in [0.1, 0.15) is 23.9 Å². The molecule has 6 nitrogen and oxygen atoms in total. The molecule has 7 heteroatoms. The van der Waals surface area contributed by atoms with Gasteiger partial charge in [0.05, 0.1) is 6.61 Å². The summed E-state index contributed by atoms with van der Waals surface area (Å²) in [6.45, 7) is 2.26. The number of benzene rings is 3. The van der Waals surface area contributed by atoms with Crippen molar-refractivity contribution in [3.8, 4) is 23.0 Å². The molecule has 3 aromatic rings. The molecule has 0 amide bonds. The number of aryl methyl sites for hydroxylation is 1. The highest BCUT2D eigenvalue weighted by Gasteiger charge is 2.10. The molecule has 33 heavy (non-hydrogen) atoms. The highest BCUT2D eigenvalue weighted by Crippen LogP contribution is 2.29. The summed E-state index contributed by atoms with van der Waals surface area (Å²) in [6.07, 6.45) is 0.598. The van der Waals surface area contributed by atoms with Gasteiger partial charge in [0.25, 0.3) is 0 Å². The molecule has 174 valence electrons. The van der Waals surface area contributed by atoms with Crippen LogP contribution in [0.15, 0.2) is 66.7 Å². The van der Waals surface area contributed by atoms with Crippen molar-refractivity contribution < 1.29 is 32.9 Å². The minimum atomic E-state index is -0.496. The topological polar surface area (TPSA) is 63.2 Å². The van der Waals surface area contributed by atoms with Gasteiger partial charge < -0.3 is 23.7 Å². The molecule has 0 fully saturated rings. The largest absolute Gasteiger partial charge is 0.486 e. The van der Waals surface area contributed by atoms with Gasteiger partial charge in [0.2, 0.25) is 0 Å². The van der Waals surface area contributed by atoms with Crippen LogP contribution in [0.25, 0.3) is 0 Å². The predicted octanol–water partition coefficient (Wildman–Crippen LogP) is 5.68. The monoisotopic (exact) mass is 454 g/mol. The smallest absolute Gasteiger partial charge is 0.306 e. The summed E-state index contributed by atoms with van der Waals surface area (Å²) in [5.41, 5.74) is 1.43. The number of carbonyl (C=O) groups excluding carboxylic acids is 1. The molecule has 3 rings (SSSR count). The lowest BCUT2D eigenvalue weighted by molar-refractivity contribution is -0.143. The van der Waals surface area contributed by atoms with Gasteiger partial charge in [0, 0.05) is 19.6 Å². The average Bonchev–Trinajstić information content (AvgIpc) is 2.81. The molecule has 0 spiro atoms. The lowest BCUT2D eigenvalue weighted by Gasteiger charge is -2.13. The van der Waals surface area contributed by atoms with Crippen LogP contribution >= 0.6 is 0 Å². The number of halogens is 1. The fraction of sp³-hybridized carbons (Fsp3) is 0.269. The van der Waals surface area contributed by atoms with Crippen LogP contribution in [-0.2, 0) is 27.3 Å². The molecule has 0 saturated carbocycles. The molecule has 0 unspecified atom stereocenters. The van der Waals surface area contributed by atoms with Gasteiger partial charge in [-0.05, 0) is 60.9 Å². The van der Waals surface area contributed by atoms with Crippen molar-refractivity contribution in [3.63, 3.8) is 0 Å². The lowest BCUT2D eigenvalue weighted by atomic mass is 10.1. The third kappa shape index (κ3) is 7.80. The number of hydrogen-bond acceptors (Lipinski definition) is 6. The SMILES string of the molecule is CCOC(=O)CCc1ccc(OCc2cc(OCOC)cc(Oc3ccccc3)c2)c(F)c1. The first-order valence-electron chi connectivity index (χ1n) is 10.6. The first-order chi connectivity index (χ1) is 16.1. The molecular formula is C26H27FO6. The van der Waals surface area contributed by atoms with Crippen LogP contribution in [0, 0.1) is 5.82 Å². The zero-order valence-electron chi connectivity index (χ0n) is 18.7. The Bertz CT molecular complexity index is 1040. The first kappa shape index (κ1) is 24.1. The van der Waals surface area contributed by atoms with Crippen molar-refractivity contribution in [2.45, 2.75) is 26.4 Å². The number of methoxy groups -OCH3 is 1. The molecule has 0 aliphatic carbocycles. The third-order valence-corrected chi connectivity index (χ3v) is 4.58. The highest BCUT2D eigenvalue weighted by molar-refractivity contribution is 5.69. The second-order valence-electron chi connectivity index (χ2n) is 7.14. The predicted molar refractivity (Wildman–Crippen MR) is 121 cm³/mol. The van der Waals surface area contributed by atoms with E-state index in [9.17, 15) is 9.18 Å². The van der Waals surface area contributed by atoms with Crippen LogP contribution in [0.4, 0.5) is 4.39 Å². The number of ether oxygens (including phenoxy) is 5. The van der Waals surface area contributed by atoms with Crippen LogP contribution in [0.1, 0.15) is 24.5 Å². The Morgan fingerprint density at radius 2 is 1.67 bits per heavy atom. The minimum absolute atomic E-state index is 0.0803. The highest BCUT2D eigenvalue weighted by atomic mass is 19.1. The molecular weight excluding hydrogens is 427 g/mol. The Hall–Kier alpha value is -3.58. The molecule has 0 atom stereocenters. The molecule has 0 bridgehead atoms. The van der Waals surface area contributed by atoms with Crippen molar-refractivity contribution >= 4 is 5.97 Å². The second kappa shape index (κ2) is 12.5. The molecule has 0 saturated heterocycles. The van der Waals surface area contributed by atoms with E-state index < -0.39 is 5.82 Å². The van der Waals surface area contributed by atoms with Gasteiger partial charge in [0.15, 0.2) is 18.4 Å². The van der Waals surface area contributed by atoms with E-state index in [-0.39, 0.29) is 31.5 Å². The van der Waals surface area contributed by atoms with Crippen LogP contribution in [0.3, 0.4) is 0 Å². The maximum absolute atomic E-state index is 14.5. The van der Waals surface area contributed by atoms with Crippen LogP contribution in [0.5, 0.6) is 23.0 Å². The maximum Gasteiger partial charge on any atom is 0.306 e. The molecule has 3 aromatic carbocycles. The number of carbonyl (C=O) groups is 1. The van der Waals surface area contributed by atoms with E-state index in [0.717, 1.165) is 5.56 Å². The third-order valence-electron chi connectivity index (χ3n) is 4.58. The van der Waals surface area contributed by atoms with Gasteiger partial charge in [-0.1, -0.05) is 24.3 Å². The van der Waals surface area contributed by atoms with Gasteiger partial charge in [-0.3, -0.25) is 4.79 Å². The standard InChI is InChI=1S/C26H27FO6/c1-3-30-26(28)12-10-19-9-11-25(24(27)15-19)31-17-20-13-22(32-18-29-2)16-23(14-20)33-21-7-5-4-6-8-21/h4-9,11,13-16H,3,10,12,17-18H2,1-2H3. The van der Waals surface area contributed by atoms with E-state index in [1.807, 2.05) is 30.3 Å². The summed E-state index contributed by atoms with van der Waals surface area (Å²) in [6, 6.07) is 19.3. The van der Waals surface area contributed by atoms with E-state index in [4.69, 9.17) is 23.7 Å². The average molecular weight is 454 g/mol. The Labute approximate surface area is 192 Å². The second-order valence-corrected chi connectivity index (χ2v) is 7.14. The number of esters is 1. The molecule has 0 radical (unpaired) electrons. The van der Waals surface area contributed by atoms with Crippen LogP contribution in [-0.4, -0.2) is 26.5 Å². The lowest BCUT2D eigenvalue weighted by Crippen LogP contribution is -2.05.